The Balaban J connectivity index is 2.42. The summed E-state index contributed by atoms with van der Waals surface area (Å²) in [6.45, 7) is 7.32. The fraction of sp³-hybridized carbons (Fsp3) is 0.900. The first-order chi connectivity index (χ1) is 6.49. The van der Waals surface area contributed by atoms with Gasteiger partial charge >= 0.3 is 5.97 Å². The highest BCUT2D eigenvalue weighted by molar-refractivity contribution is 5.76. The number of nitrogens with one attached hydrogen (secondary N) is 2. The van der Waals surface area contributed by atoms with Gasteiger partial charge in [-0.3, -0.25) is 10.1 Å². The van der Waals surface area contributed by atoms with Crippen molar-refractivity contribution in [2.75, 3.05) is 13.2 Å². The largest absolute Gasteiger partial charge is 0.459 e. The lowest BCUT2D eigenvalue weighted by atomic mass is 10.1. The van der Waals surface area contributed by atoms with E-state index in [1.54, 1.807) is 0 Å². The van der Waals surface area contributed by atoms with Crippen LogP contribution in [0.5, 0.6) is 0 Å². The third-order valence-electron chi connectivity index (χ3n) is 2.01. The molecule has 0 amide bonds. The average Bonchev–Trinajstić information content (AvgIpc) is 2.27. The molecule has 1 aliphatic rings. The van der Waals surface area contributed by atoms with Gasteiger partial charge in [0.1, 0.15) is 11.6 Å². The Hall–Kier alpha value is -0.610. The van der Waals surface area contributed by atoms with Crippen LogP contribution in [0.1, 0.15) is 33.6 Å². The topological polar surface area (TPSA) is 50.4 Å². The summed E-state index contributed by atoms with van der Waals surface area (Å²) in [5.41, 5.74) is -0.390. The van der Waals surface area contributed by atoms with Crippen molar-refractivity contribution in [3.8, 4) is 0 Å². The van der Waals surface area contributed by atoms with Crippen LogP contribution in [0.2, 0.25) is 0 Å². The molecule has 0 spiro atoms. The molecule has 1 rings (SSSR count). The molecule has 1 heterocycles. The van der Waals surface area contributed by atoms with Crippen LogP contribution < -0.4 is 10.6 Å². The van der Waals surface area contributed by atoms with Crippen molar-refractivity contribution in [1.29, 1.82) is 0 Å². The molecule has 4 heteroatoms. The van der Waals surface area contributed by atoms with E-state index in [9.17, 15) is 4.79 Å². The van der Waals surface area contributed by atoms with Gasteiger partial charge < -0.3 is 10.1 Å². The van der Waals surface area contributed by atoms with Gasteiger partial charge in [0.2, 0.25) is 0 Å². The standard InChI is InChI=1S/C10H20N2O2/c1-10(2,3)14-9(13)8-5-4-6-11-7-12-8/h8,11-12H,4-7H2,1-3H3. The van der Waals surface area contributed by atoms with Crippen molar-refractivity contribution in [3.63, 3.8) is 0 Å². The lowest BCUT2D eigenvalue weighted by Gasteiger charge is -2.23. The minimum Gasteiger partial charge on any atom is -0.459 e. The van der Waals surface area contributed by atoms with Crippen LogP contribution >= 0.6 is 0 Å². The number of ether oxygens (including phenoxy) is 1. The van der Waals surface area contributed by atoms with Gasteiger partial charge in [0.15, 0.2) is 0 Å². The molecule has 0 radical (unpaired) electrons. The number of carbonyl (C=O) groups is 1. The van der Waals surface area contributed by atoms with Crippen LogP contribution in [0.15, 0.2) is 0 Å². The molecule has 0 aromatic carbocycles. The fourth-order valence-electron chi connectivity index (χ4n) is 1.39. The second kappa shape index (κ2) is 4.75. The molecule has 0 bridgehead atoms. The van der Waals surface area contributed by atoms with Crippen molar-refractivity contribution < 1.29 is 9.53 Å². The Morgan fingerprint density at radius 2 is 2.14 bits per heavy atom. The minimum atomic E-state index is -0.390. The molecule has 1 unspecified atom stereocenters. The van der Waals surface area contributed by atoms with E-state index in [-0.39, 0.29) is 12.0 Å². The van der Waals surface area contributed by atoms with E-state index in [0.717, 1.165) is 19.4 Å². The van der Waals surface area contributed by atoms with E-state index < -0.39 is 5.60 Å². The second-order valence-electron chi connectivity index (χ2n) is 4.61. The molecule has 1 fully saturated rings. The Morgan fingerprint density at radius 1 is 1.43 bits per heavy atom. The first kappa shape index (κ1) is 11.5. The number of esters is 1. The van der Waals surface area contributed by atoms with Crippen molar-refractivity contribution >= 4 is 5.97 Å². The smallest absolute Gasteiger partial charge is 0.323 e. The summed E-state index contributed by atoms with van der Waals surface area (Å²) in [6, 6.07) is -0.149. The molecule has 4 nitrogen and oxygen atoms in total. The zero-order chi connectivity index (χ0) is 10.6. The lowest BCUT2D eigenvalue weighted by molar-refractivity contribution is -0.157. The predicted molar refractivity (Wildman–Crippen MR) is 54.9 cm³/mol. The molecule has 1 aliphatic heterocycles. The summed E-state index contributed by atoms with van der Waals surface area (Å²) in [5, 5.41) is 6.29. The van der Waals surface area contributed by atoms with E-state index in [2.05, 4.69) is 10.6 Å². The van der Waals surface area contributed by atoms with Crippen LogP contribution in [-0.2, 0) is 9.53 Å². The van der Waals surface area contributed by atoms with Gasteiger partial charge in [-0.2, -0.15) is 0 Å². The van der Waals surface area contributed by atoms with Crippen molar-refractivity contribution in [2.45, 2.75) is 45.3 Å². The van der Waals surface area contributed by atoms with E-state index >= 15 is 0 Å². The summed E-state index contributed by atoms with van der Waals surface area (Å²) in [4.78, 5) is 11.7. The summed E-state index contributed by atoms with van der Waals surface area (Å²) >= 11 is 0. The molecule has 0 aromatic rings. The molecular formula is C10H20N2O2. The van der Waals surface area contributed by atoms with Crippen LogP contribution in [0.3, 0.4) is 0 Å². The lowest BCUT2D eigenvalue weighted by Crippen LogP contribution is -2.42. The maximum atomic E-state index is 11.7. The van der Waals surface area contributed by atoms with Crippen molar-refractivity contribution in [1.82, 2.24) is 10.6 Å². The monoisotopic (exact) mass is 200 g/mol. The highest BCUT2D eigenvalue weighted by Crippen LogP contribution is 2.11. The SMILES string of the molecule is CC(C)(C)OC(=O)C1CCCNCN1. The molecule has 0 aliphatic carbocycles. The van der Waals surface area contributed by atoms with Gasteiger partial charge in [-0.1, -0.05) is 0 Å². The highest BCUT2D eigenvalue weighted by atomic mass is 16.6. The first-order valence-electron chi connectivity index (χ1n) is 5.16. The summed E-state index contributed by atoms with van der Waals surface area (Å²) < 4.78 is 5.30. The molecule has 0 aromatic heterocycles. The summed E-state index contributed by atoms with van der Waals surface area (Å²) in [6.07, 6.45) is 1.86. The van der Waals surface area contributed by atoms with Gasteiger partial charge in [0.05, 0.1) is 0 Å². The molecule has 2 N–H and O–H groups in total. The van der Waals surface area contributed by atoms with Crippen LogP contribution in [0.4, 0.5) is 0 Å². The number of rotatable bonds is 1. The zero-order valence-electron chi connectivity index (χ0n) is 9.22. The Bertz CT molecular complexity index is 191. The van der Waals surface area contributed by atoms with E-state index in [0.29, 0.717) is 6.67 Å². The van der Waals surface area contributed by atoms with Crippen LogP contribution in [-0.4, -0.2) is 30.8 Å². The molecule has 1 atom stereocenters. The summed E-state index contributed by atoms with van der Waals surface area (Å²) in [7, 11) is 0. The molecular weight excluding hydrogens is 180 g/mol. The van der Waals surface area contributed by atoms with Crippen molar-refractivity contribution in [2.24, 2.45) is 0 Å². The number of carbonyl (C=O) groups excluding carboxylic acids is 1. The molecule has 1 saturated heterocycles. The molecule has 0 saturated carbocycles. The Kier molecular flexibility index (Phi) is 3.89. The van der Waals surface area contributed by atoms with Gasteiger partial charge in [0.25, 0.3) is 0 Å². The van der Waals surface area contributed by atoms with Gasteiger partial charge in [-0.15, -0.1) is 0 Å². The molecule has 14 heavy (non-hydrogen) atoms. The quantitative estimate of drug-likeness (QED) is 0.609. The third-order valence-corrected chi connectivity index (χ3v) is 2.01. The maximum Gasteiger partial charge on any atom is 0.323 e. The number of hydrogen-bond acceptors (Lipinski definition) is 4. The highest BCUT2D eigenvalue weighted by Gasteiger charge is 2.25. The fourth-order valence-corrected chi connectivity index (χ4v) is 1.39. The van der Waals surface area contributed by atoms with Gasteiger partial charge in [-0.05, 0) is 40.2 Å². The van der Waals surface area contributed by atoms with Crippen LogP contribution in [0.25, 0.3) is 0 Å². The van der Waals surface area contributed by atoms with E-state index in [4.69, 9.17) is 4.74 Å². The minimum absolute atomic E-state index is 0.138. The van der Waals surface area contributed by atoms with E-state index in [1.165, 1.54) is 0 Å². The van der Waals surface area contributed by atoms with Gasteiger partial charge in [-0.25, -0.2) is 0 Å². The molecule has 82 valence electrons. The maximum absolute atomic E-state index is 11.7. The predicted octanol–water partition coefficient (Wildman–Crippen LogP) is 0.627. The third kappa shape index (κ3) is 4.07. The van der Waals surface area contributed by atoms with E-state index in [1.807, 2.05) is 20.8 Å². The van der Waals surface area contributed by atoms with Crippen LogP contribution in [0, 0.1) is 0 Å². The second-order valence-corrected chi connectivity index (χ2v) is 4.61. The first-order valence-corrected chi connectivity index (χ1v) is 5.16. The summed E-state index contributed by atoms with van der Waals surface area (Å²) in [5.74, 6) is -0.138. The average molecular weight is 200 g/mol. The van der Waals surface area contributed by atoms with Gasteiger partial charge in [0, 0.05) is 6.67 Å². The number of hydrogen-bond donors (Lipinski definition) is 2. The normalized spacial score (nSPS) is 24.1. The zero-order valence-corrected chi connectivity index (χ0v) is 9.22. The Labute approximate surface area is 85.4 Å². The van der Waals surface area contributed by atoms with Crippen molar-refractivity contribution in [3.05, 3.63) is 0 Å². The Morgan fingerprint density at radius 3 is 2.79 bits per heavy atom.